The van der Waals surface area contributed by atoms with Crippen molar-refractivity contribution < 1.29 is 0 Å². The lowest BCUT2D eigenvalue weighted by atomic mass is 10.1. The molecule has 7 heteroatoms. The maximum absolute atomic E-state index is 5.75. The summed E-state index contributed by atoms with van der Waals surface area (Å²) in [5.41, 5.74) is 7.01. The molecule has 0 atom stereocenters. The standard InChI is InChI=1S/C25H30N6S/c1-18-11-9-10-14-24(18)31-20(3)23(19(2)26-31)16-28(5)17-30-25(32)29(21(4)27-30)15-22-12-7-6-8-13-22/h6-14H,15-17H2,1-5H3. The number of para-hydroxylation sites is 1. The molecule has 2 aromatic carbocycles. The highest BCUT2D eigenvalue weighted by molar-refractivity contribution is 7.71. The van der Waals surface area contributed by atoms with Crippen LogP contribution in [0.4, 0.5) is 0 Å². The molecule has 6 nitrogen and oxygen atoms in total. The van der Waals surface area contributed by atoms with Gasteiger partial charge < -0.3 is 0 Å². The van der Waals surface area contributed by atoms with Crippen LogP contribution in [0.5, 0.6) is 0 Å². The van der Waals surface area contributed by atoms with Crippen molar-refractivity contribution >= 4 is 12.2 Å². The summed E-state index contributed by atoms with van der Waals surface area (Å²) in [4.78, 5) is 2.23. The fourth-order valence-corrected chi connectivity index (χ4v) is 4.37. The first-order chi connectivity index (χ1) is 15.3. The van der Waals surface area contributed by atoms with Crippen molar-refractivity contribution in [2.24, 2.45) is 0 Å². The van der Waals surface area contributed by atoms with E-state index < -0.39 is 0 Å². The van der Waals surface area contributed by atoms with Crippen molar-refractivity contribution in [2.75, 3.05) is 7.05 Å². The van der Waals surface area contributed by atoms with Gasteiger partial charge in [0.1, 0.15) is 5.82 Å². The summed E-state index contributed by atoms with van der Waals surface area (Å²) in [7, 11) is 2.09. The Morgan fingerprint density at radius 1 is 0.906 bits per heavy atom. The summed E-state index contributed by atoms with van der Waals surface area (Å²) in [5, 5.41) is 9.54. The van der Waals surface area contributed by atoms with Crippen molar-refractivity contribution in [3.8, 4) is 5.69 Å². The van der Waals surface area contributed by atoms with E-state index in [1.165, 1.54) is 16.7 Å². The Labute approximate surface area is 194 Å². The Kier molecular flexibility index (Phi) is 6.39. The van der Waals surface area contributed by atoms with Crippen molar-refractivity contribution in [1.82, 2.24) is 29.0 Å². The zero-order valence-electron chi connectivity index (χ0n) is 19.4. The SMILES string of the molecule is Cc1ccccc1-n1nc(C)c(CN(C)Cn2nc(C)n(Cc3ccccc3)c2=S)c1C. The summed E-state index contributed by atoms with van der Waals surface area (Å²) in [6.07, 6.45) is 0. The number of rotatable bonds is 7. The Morgan fingerprint density at radius 3 is 2.31 bits per heavy atom. The van der Waals surface area contributed by atoms with Crippen LogP contribution in [0, 0.1) is 32.5 Å². The molecular formula is C25H30N6S. The lowest BCUT2D eigenvalue weighted by Crippen LogP contribution is -2.23. The first-order valence-electron chi connectivity index (χ1n) is 10.8. The summed E-state index contributed by atoms with van der Waals surface area (Å²) in [6, 6.07) is 18.7. The van der Waals surface area contributed by atoms with Gasteiger partial charge in [0.15, 0.2) is 4.77 Å². The van der Waals surface area contributed by atoms with Crippen LogP contribution in [0.1, 0.15) is 33.9 Å². The molecule has 166 valence electrons. The predicted octanol–water partition coefficient (Wildman–Crippen LogP) is 4.97. The minimum atomic E-state index is 0.621. The van der Waals surface area contributed by atoms with Crippen LogP contribution >= 0.6 is 12.2 Å². The normalized spacial score (nSPS) is 11.4. The predicted molar refractivity (Wildman–Crippen MR) is 131 cm³/mol. The topological polar surface area (TPSA) is 43.8 Å². The lowest BCUT2D eigenvalue weighted by Gasteiger charge is -2.17. The van der Waals surface area contributed by atoms with Crippen LogP contribution in [0.3, 0.4) is 0 Å². The van der Waals surface area contributed by atoms with Gasteiger partial charge in [-0.05, 0) is 64.2 Å². The van der Waals surface area contributed by atoms with Gasteiger partial charge in [-0.25, -0.2) is 9.36 Å². The van der Waals surface area contributed by atoms with Gasteiger partial charge in [-0.2, -0.15) is 10.2 Å². The Balaban J connectivity index is 1.53. The minimum absolute atomic E-state index is 0.621. The van der Waals surface area contributed by atoms with Gasteiger partial charge >= 0.3 is 0 Å². The molecule has 0 spiro atoms. The first-order valence-corrected chi connectivity index (χ1v) is 11.2. The molecule has 4 aromatic rings. The van der Waals surface area contributed by atoms with E-state index in [9.17, 15) is 0 Å². The second-order valence-corrected chi connectivity index (χ2v) is 8.77. The van der Waals surface area contributed by atoms with Gasteiger partial charge in [0.25, 0.3) is 0 Å². The van der Waals surface area contributed by atoms with Crippen molar-refractivity contribution in [1.29, 1.82) is 0 Å². The zero-order valence-corrected chi connectivity index (χ0v) is 20.2. The Morgan fingerprint density at radius 2 is 1.59 bits per heavy atom. The highest BCUT2D eigenvalue weighted by Crippen LogP contribution is 2.21. The molecule has 0 saturated heterocycles. The molecule has 0 amide bonds. The number of hydrogen-bond acceptors (Lipinski definition) is 4. The van der Waals surface area contributed by atoms with Crippen LogP contribution in [-0.4, -0.2) is 36.1 Å². The number of nitrogens with zero attached hydrogens (tertiary/aromatic N) is 6. The number of benzene rings is 2. The average Bonchev–Trinajstić information content (AvgIpc) is 3.19. The van der Waals surface area contributed by atoms with Crippen molar-refractivity contribution in [2.45, 2.75) is 47.5 Å². The van der Waals surface area contributed by atoms with Crippen LogP contribution in [0.25, 0.3) is 5.69 Å². The van der Waals surface area contributed by atoms with Crippen LogP contribution < -0.4 is 0 Å². The molecule has 0 saturated carbocycles. The molecule has 0 N–H and O–H groups in total. The summed E-state index contributed by atoms with van der Waals surface area (Å²) < 4.78 is 6.79. The van der Waals surface area contributed by atoms with Gasteiger partial charge in [-0.15, -0.1) is 0 Å². The van der Waals surface area contributed by atoms with E-state index in [0.29, 0.717) is 6.67 Å². The van der Waals surface area contributed by atoms with Gasteiger partial charge in [0, 0.05) is 17.8 Å². The van der Waals surface area contributed by atoms with E-state index in [0.717, 1.165) is 40.8 Å². The highest BCUT2D eigenvalue weighted by atomic mass is 32.1. The highest BCUT2D eigenvalue weighted by Gasteiger charge is 2.17. The fourth-order valence-electron chi connectivity index (χ4n) is 4.08. The third kappa shape index (κ3) is 4.45. The molecule has 0 unspecified atom stereocenters. The molecule has 0 aliphatic rings. The van der Waals surface area contributed by atoms with E-state index in [-0.39, 0.29) is 0 Å². The van der Waals surface area contributed by atoms with E-state index in [4.69, 9.17) is 22.4 Å². The smallest absolute Gasteiger partial charge is 0.199 e. The first kappa shape index (κ1) is 22.2. The number of aromatic nitrogens is 5. The number of aryl methyl sites for hydroxylation is 3. The average molecular weight is 447 g/mol. The molecule has 32 heavy (non-hydrogen) atoms. The molecule has 2 aromatic heterocycles. The van der Waals surface area contributed by atoms with Crippen molar-refractivity contribution in [3.05, 3.63) is 93.3 Å². The lowest BCUT2D eigenvalue weighted by molar-refractivity contribution is 0.242. The quantitative estimate of drug-likeness (QED) is 0.376. The second kappa shape index (κ2) is 9.22. The molecular weight excluding hydrogens is 416 g/mol. The Hall–Kier alpha value is -3.03. The number of hydrogen-bond donors (Lipinski definition) is 0. The monoisotopic (exact) mass is 446 g/mol. The maximum atomic E-state index is 5.75. The summed E-state index contributed by atoms with van der Waals surface area (Å²) in [6.45, 7) is 10.5. The van der Waals surface area contributed by atoms with E-state index in [2.05, 4.69) is 78.4 Å². The summed E-state index contributed by atoms with van der Waals surface area (Å²) >= 11 is 5.75. The third-order valence-corrected chi connectivity index (χ3v) is 6.31. The molecule has 0 aliphatic heterocycles. The van der Waals surface area contributed by atoms with E-state index in [1.54, 1.807) is 0 Å². The molecule has 0 radical (unpaired) electrons. The second-order valence-electron chi connectivity index (χ2n) is 8.40. The molecule has 4 rings (SSSR count). The van der Waals surface area contributed by atoms with Gasteiger partial charge in [-0.1, -0.05) is 48.5 Å². The largest absolute Gasteiger partial charge is 0.300 e. The van der Waals surface area contributed by atoms with Crippen molar-refractivity contribution in [3.63, 3.8) is 0 Å². The molecule has 0 aliphatic carbocycles. The molecule has 0 fully saturated rings. The van der Waals surface area contributed by atoms with Crippen LogP contribution in [0.15, 0.2) is 54.6 Å². The van der Waals surface area contributed by atoms with Gasteiger partial charge in [0.2, 0.25) is 0 Å². The van der Waals surface area contributed by atoms with Crippen LogP contribution in [0.2, 0.25) is 0 Å². The van der Waals surface area contributed by atoms with E-state index >= 15 is 0 Å². The minimum Gasteiger partial charge on any atom is -0.300 e. The maximum Gasteiger partial charge on any atom is 0.199 e. The van der Waals surface area contributed by atoms with Gasteiger partial charge in [0.05, 0.1) is 24.6 Å². The molecule has 2 heterocycles. The zero-order chi connectivity index (χ0) is 22.8. The Bertz CT molecular complexity index is 1280. The third-order valence-electron chi connectivity index (χ3n) is 5.88. The van der Waals surface area contributed by atoms with E-state index in [1.807, 2.05) is 29.8 Å². The van der Waals surface area contributed by atoms with Gasteiger partial charge in [-0.3, -0.25) is 9.47 Å². The summed E-state index contributed by atoms with van der Waals surface area (Å²) in [5.74, 6) is 0.923. The van der Waals surface area contributed by atoms with Crippen LogP contribution in [-0.2, 0) is 19.8 Å². The molecule has 0 bridgehead atoms. The fraction of sp³-hybridized carbons (Fsp3) is 0.320.